The number of nitrogens with two attached hydrogens (primary N) is 1. The number of benzene rings is 3. The lowest BCUT2D eigenvalue weighted by molar-refractivity contribution is -0.138. The lowest BCUT2D eigenvalue weighted by atomic mass is 9.99. The van der Waals surface area contributed by atoms with Gasteiger partial charge in [0.15, 0.2) is 0 Å². The molecule has 4 nitrogen and oxygen atoms in total. The van der Waals surface area contributed by atoms with Crippen molar-refractivity contribution in [1.29, 1.82) is 0 Å². The molecule has 0 aliphatic heterocycles. The molecule has 0 saturated heterocycles. The van der Waals surface area contributed by atoms with Crippen LogP contribution in [-0.2, 0) is 28.6 Å². The van der Waals surface area contributed by atoms with Gasteiger partial charge in [0, 0.05) is 6.42 Å². The molecule has 0 fully saturated rings. The van der Waals surface area contributed by atoms with Gasteiger partial charge in [0.25, 0.3) is 0 Å². The third-order valence-electron chi connectivity index (χ3n) is 4.60. The third kappa shape index (κ3) is 5.13. The highest BCUT2D eigenvalue weighted by atomic mass is 19.4. The van der Waals surface area contributed by atoms with Gasteiger partial charge in [-0.05, 0) is 28.0 Å². The summed E-state index contributed by atoms with van der Waals surface area (Å²) in [4.78, 5) is 24.1. The molecule has 0 aliphatic rings. The van der Waals surface area contributed by atoms with Gasteiger partial charge in [0.2, 0.25) is 11.8 Å². The van der Waals surface area contributed by atoms with Crippen molar-refractivity contribution in [3.05, 3.63) is 83.4 Å². The minimum Gasteiger partial charge on any atom is -0.368 e. The number of primary amides is 1. The van der Waals surface area contributed by atoms with E-state index in [4.69, 9.17) is 5.73 Å². The van der Waals surface area contributed by atoms with Crippen molar-refractivity contribution in [2.45, 2.75) is 25.1 Å². The maximum absolute atomic E-state index is 13.2. The van der Waals surface area contributed by atoms with Crippen LogP contribution in [0.2, 0.25) is 0 Å². The van der Waals surface area contributed by atoms with Crippen LogP contribution < -0.4 is 11.1 Å². The van der Waals surface area contributed by atoms with E-state index in [1.54, 1.807) is 6.07 Å². The molecule has 0 aromatic heterocycles. The minimum absolute atomic E-state index is 0.0183. The van der Waals surface area contributed by atoms with Crippen LogP contribution in [0.1, 0.15) is 16.7 Å². The molecule has 0 spiro atoms. The van der Waals surface area contributed by atoms with E-state index in [-0.39, 0.29) is 18.4 Å². The summed E-state index contributed by atoms with van der Waals surface area (Å²) in [6.45, 7) is 0. The summed E-state index contributed by atoms with van der Waals surface area (Å²) >= 11 is 0. The summed E-state index contributed by atoms with van der Waals surface area (Å²) < 4.78 is 39.5. The number of rotatable bonds is 6. The van der Waals surface area contributed by atoms with Crippen molar-refractivity contribution in [3.8, 4) is 0 Å². The monoisotopic (exact) mass is 400 g/mol. The van der Waals surface area contributed by atoms with Crippen molar-refractivity contribution in [1.82, 2.24) is 5.32 Å². The molecule has 0 radical (unpaired) electrons. The molecular formula is C22H19F3N2O2. The van der Waals surface area contributed by atoms with Crippen LogP contribution >= 0.6 is 0 Å². The molecule has 2 amide bonds. The van der Waals surface area contributed by atoms with E-state index >= 15 is 0 Å². The molecular weight excluding hydrogens is 381 g/mol. The van der Waals surface area contributed by atoms with Gasteiger partial charge in [-0.1, -0.05) is 60.7 Å². The van der Waals surface area contributed by atoms with E-state index in [1.807, 2.05) is 36.4 Å². The van der Waals surface area contributed by atoms with Gasteiger partial charge >= 0.3 is 6.18 Å². The number of hydrogen-bond donors (Lipinski definition) is 2. The summed E-state index contributed by atoms with van der Waals surface area (Å²) in [6, 6.07) is 16.8. The predicted molar refractivity (Wildman–Crippen MR) is 104 cm³/mol. The normalized spacial score (nSPS) is 12.5. The fourth-order valence-corrected chi connectivity index (χ4v) is 3.20. The van der Waals surface area contributed by atoms with Crippen LogP contribution in [0.5, 0.6) is 0 Å². The fourth-order valence-electron chi connectivity index (χ4n) is 3.20. The van der Waals surface area contributed by atoms with Crippen LogP contribution in [0.3, 0.4) is 0 Å². The van der Waals surface area contributed by atoms with Crippen molar-refractivity contribution >= 4 is 22.6 Å². The van der Waals surface area contributed by atoms with Crippen molar-refractivity contribution < 1.29 is 22.8 Å². The van der Waals surface area contributed by atoms with E-state index in [0.29, 0.717) is 0 Å². The number of nitrogens with one attached hydrogen (secondary N) is 1. The Bertz CT molecular complexity index is 1050. The van der Waals surface area contributed by atoms with Crippen LogP contribution in [0.15, 0.2) is 66.7 Å². The first-order valence-electron chi connectivity index (χ1n) is 8.95. The second-order valence-corrected chi connectivity index (χ2v) is 6.74. The highest BCUT2D eigenvalue weighted by molar-refractivity contribution is 5.89. The zero-order valence-electron chi connectivity index (χ0n) is 15.4. The molecule has 7 heteroatoms. The lowest BCUT2D eigenvalue weighted by Gasteiger charge is -2.19. The van der Waals surface area contributed by atoms with Crippen molar-refractivity contribution in [3.63, 3.8) is 0 Å². The van der Waals surface area contributed by atoms with Crippen molar-refractivity contribution in [2.24, 2.45) is 5.73 Å². The molecule has 1 atom stereocenters. The van der Waals surface area contributed by atoms with Crippen LogP contribution in [0, 0.1) is 0 Å². The largest absolute Gasteiger partial charge is 0.416 e. The lowest BCUT2D eigenvalue weighted by Crippen LogP contribution is -2.46. The highest BCUT2D eigenvalue weighted by Gasteiger charge is 2.34. The number of carbonyl (C=O) groups is 2. The van der Waals surface area contributed by atoms with E-state index in [2.05, 4.69) is 5.32 Å². The Morgan fingerprint density at radius 2 is 1.59 bits per heavy atom. The zero-order valence-corrected chi connectivity index (χ0v) is 15.4. The molecule has 0 unspecified atom stereocenters. The van der Waals surface area contributed by atoms with E-state index < -0.39 is 29.6 Å². The van der Waals surface area contributed by atoms with Crippen LogP contribution in [0.25, 0.3) is 10.8 Å². The van der Waals surface area contributed by atoms with Crippen LogP contribution in [0.4, 0.5) is 13.2 Å². The smallest absolute Gasteiger partial charge is 0.368 e. The van der Waals surface area contributed by atoms with Gasteiger partial charge in [-0.25, -0.2) is 0 Å². The first-order valence-corrected chi connectivity index (χ1v) is 8.95. The SMILES string of the molecule is NC(=O)[C@H](Cc1ccccc1C(F)(F)F)NC(=O)Cc1ccc2ccccc2c1. The van der Waals surface area contributed by atoms with Gasteiger partial charge in [-0.2, -0.15) is 13.2 Å². The number of halogens is 3. The molecule has 0 heterocycles. The second-order valence-electron chi connectivity index (χ2n) is 6.74. The summed E-state index contributed by atoms with van der Waals surface area (Å²) in [5, 5.41) is 4.44. The highest BCUT2D eigenvalue weighted by Crippen LogP contribution is 2.32. The molecule has 150 valence electrons. The maximum atomic E-state index is 13.2. The van der Waals surface area contributed by atoms with Gasteiger partial charge in [0.1, 0.15) is 6.04 Å². The average molecular weight is 400 g/mol. The van der Waals surface area contributed by atoms with Gasteiger partial charge in [0.05, 0.1) is 12.0 Å². The number of hydrogen-bond acceptors (Lipinski definition) is 2. The number of carbonyl (C=O) groups excluding carboxylic acids is 2. The van der Waals surface area contributed by atoms with Gasteiger partial charge < -0.3 is 11.1 Å². The Morgan fingerprint density at radius 1 is 0.931 bits per heavy atom. The molecule has 0 aliphatic carbocycles. The van der Waals surface area contributed by atoms with E-state index in [9.17, 15) is 22.8 Å². The Balaban J connectivity index is 1.73. The average Bonchev–Trinajstić information content (AvgIpc) is 2.67. The first-order chi connectivity index (χ1) is 13.7. The minimum atomic E-state index is -4.56. The molecule has 3 aromatic rings. The first kappa shape index (κ1) is 20.4. The molecule has 0 saturated carbocycles. The van der Waals surface area contributed by atoms with Gasteiger partial charge in [-0.3, -0.25) is 9.59 Å². The molecule has 0 bridgehead atoms. The Morgan fingerprint density at radius 3 is 2.28 bits per heavy atom. The second kappa shape index (κ2) is 8.34. The number of amides is 2. The summed E-state index contributed by atoms with van der Waals surface area (Å²) in [6.07, 6.45) is -4.92. The quantitative estimate of drug-likeness (QED) is 0.664. The molecule has 3 N–H and O–H groups in total. The number of fused-ring (bicyclic) bond motifs is 1. The molecule has 3 aromatic carbocycles. The predicted octanol–water partition coefficient (Wildman–Crippen LogP) is 3.61. The Hall–Kier alpha value is -3.35. The summed E-state index contributed by atoms with van der Waals surface area (Å²) in [5.74, 6) is -1.39. The van der Waals surface area contributed by atoms with E-state index in [1.165, 1.54) is 18.2 Å². The Kier molecular flexibility index (Phi) is 5.87. The zero-order chi connectivity index (χ0) is 21.0. The summed E-state index contributed by atoms with van der Waals surface area (Å²) in [5.41, 5.74) is 5.09. The summed E-state index contributed by atoms with van der Waals surface area (Å²) in [7, 11) is 0. The standard InChI is InChI=1S/C22H19F3N2O2/c23-22(24,25)18-8-4-3-7-17(18)13-19(21(26)29)27-20(28)12-14-9-10-15-5-1-2-6-16(15)11-14/h1-11,19H,12-13H2,(H2,26,29)(H,27,28)/t19-/m0/s1. The van der Waals surface area contributed by atoms with Crippen LogP contribution in [-0.4, -0.2) is 17.9 Å². The maximum Gasteiger partial charge on any atom is 0.416 e. The Labute approximate surface area is 165 Å². The third-order valence-corrected chi connectivity index (χ3v) is 4.60. The molecule has 29 heavy (non-hydrogen) atoms. The number of alkyl halides is 3. The topological polar surface area (TPSA) is 72.2 Å². The van der Waals surface area contributed by atoms with Gasteiger partial charge in [-0.15, -0.1) is 0 Å². The van der Waals surface area contributed by atoms with E-state index in [0.717, 1.165) is 22.4 Å². The molecule has 3 rings (SSSR count). The van der Waals surface area contributed by atoms with Crippen molar-refractivity contribution in [2.75, 3.05) is 0 Å². The fraction of sp³-hybridized carbons (Fsp3) is 0.182.